The van der Waals surface area contributed by atoms with Crippen LogP contribution in [0.3, 0.4) is 0 Å². The number of ether oxygens (including phenoxy) is 1. The van der Waals surface area contributed by atoms with Crippen molar-refractivity contribution in [2.45, 2.75) is 54.9 Å². The number of H-pyrrole nitrogens is 1. The summed E-state index contributed by atoms with van der Waals surface area (Å²) in [5.74, 6) is -1.15. The number of likely N-dealkylation sites (tertiary alicyclic amines) is 1. The second kappa shape index (κ2) is 11.4. The largest absolute Gasteiger partial charge is 0.489 e. The maximum Gasteiger partial charge on any atom is 0.305 e. The highest BCUT2D eigenvalue weighted by Crippen LogP contribution is 2.69. The van der Waals surface area contributed by atoms with Crippen LogP contribution < -0.4 is 9.61 Å². The summed E-state index contributed by atoms with van der Waals surface area (Å²) in [6, 6.07) is 15.6. The van der Waals surface area contributed by atoms with Gasteiger partial charge in [0.25, 0.3) is 0 Å². The fourth-order valence-corrected chi connectivity index (χ4v) is 11.1. The monoisotopic (exact) mass is 638 g/mol. The van der Waals surface area contributed by atoms with E-state index in [-0.39, 0.29) is 63.9 Å². The van der Waals surface area contributed by atoms with E-state index >= 15 is 0 Å². The number of thiazole rings is 1. The Bertz CT molecular complexity index is 1640. The maximum absolute atomic E-state index is 13.8. The summed E-state index contributed by atoms with van der Waals surface area (Å²) in [5, 5.41) is 10.4. The first-order valence-corrected chi connectivity index (χ1v) is 16.8. The predicted molar refractivity (Wildman–Crippen MR) is 164 cm³/mol. The number of benzene rings is 2. The molecule has 2 saturated carbocycles. The van der Waals surface area contributed by atoms with E-state index in [0.29, 0.717) is 43.2 Å². The van der Waals surface area contributed by atoms with Crippen molar-refractivity contribution >= 4 is 52.5 Å². The van der Waals surface area contributed by atoms with E-state index in [1.54, 1.807) is 11.8 Å². The number of carbonyl (C=O) groups excluding carboxylic acids is 2. The molecular weight excluding hydrogens is 608 g/mol. The van der Waals surface area contributed by atoms with E-state index in [9.17, 15) is 19.2 Å². The molecular formula is C32H31ClN2O6S2. The molecule has 2 aliphatic carbocycles. The molecule has 11 heteroatoms. The highest BCUT2D eigenvalue weighted by molar-refractivity contribution is 8.00. The molecule has 7 rings (SSSR count). The molecule has 2 amide bonds. The van der Waals surface area contributed by atoms with Gasteiger partial charge in [-0.15, -0.1) is 11.8 Å². The number of amides is 2. The second-order valence-corrected chi connectivity index (χ2v) is 14.6. The van der Waals surface area contributed by atoms with Gasteiger partial charge in [0.05, 0.1) is 16.9 Å². The molecule has 43 heavy (non-hydrogen) atoms. The van der Waals surface area contributed by atoms with Crippen LogP contribution in [0.1, 0.15) is 54.0 Å². The number of nitrogens with one attached hydrogen (secondary N) is 1. The summed E-state index contributed by atoms with van der Waals surface area (Å²) in [6.07, 6.45) is 2.68. The number of hydrogen-bond acceptors (Lipinski definition) is 7. The second-order valence-electron chi connectivity index (χ2n) is 11.9. The van der Waals surface area contributed by atoms with E-state index in [0.717, 1.165) is 27.5 Å². The number of aromatic nitrogens is 1. The number of aromatic amines is 1. The van der Waals surface area contributed by atoms with Crippen molar-refractivity contribution in [3.8, 4) is 5.75 Å². The average Bonchev–Trinajstić information content (AvgIpc) is 3.72. The fourth-order valence-electron chi connectivity index (χ4n) is 8.00. The molecule has 4 aliphatic rings. The van der Waals surface area contributed by atoms with Crippen molar-refractivity contribution in [3.05, 3.63) is 79.2 Å². The summed E-state index contributed by atoms with van der Waals surface area (Å²) in [4.78, 5) is 56.3. The molecule has 8 nitrogen and oxygen atoms in total. The number of carboxylic acids is 1. The van der Waals surface area contributed by atoms with Crippen molar-refractivity contribution in [2.24, 2.45) is 29.6 Å². The highest BCUT2D eigenvalue weighted by Gasteiger charge is 2.69. The summed E-state index contributed by atoms with van der Waals surface area (Å²) in [5.41, 5.74) is 1.94. The number of halogens is 1. The quantitative estimate of drug-likeness (QED) is 0.213. The highest BCUT2D eigenvalue weighted by atomic mass is 35.5. The summed E-state index contributed by atoms with van der Waals surface area (Å²) >= 11 is 9.44. The van der Waals surface area contributed by atoms with Gasteiger partial charge in [0.1, 0.15) is 12.4 Å². The molecule has 1 aromatic heterocycles. The molecule has 224 valence electrons. The third-order valence-corrected chi connectivity index (χ3v) is 12.5. The first kappa shape index (κ1) is 28.7. The van der Waals surface area contributed by atoms with Gasteiger partial charge < -0.3 is 14.8 Å². The average molecular weight is 639 g/mol. The van der Waals surface area contributed by atoms with Gasteiger partial charge in [0, 0.05) is 39.6 Å². The lowest BCUT2D eigenvalue weighted by Crippen LogP contribution is -2.42. The Morgan fingerprint density at radius 3 is 2.56 bits per heavy atom. The molecule has 2 aromatic carbocycles. The molecule has 2 N–H and O–H groups in total. The van der Waals surface area contributed by atoms with Crippen molar-refractivity contribution in [2.75, 3.05) is 6.54 Å². The Labute approximate surface area is 261 Å². The summed E-state index contributed by atoms with van der Waals surface area (Å²) < 4.78 is 6.39. The van der Waals surface area contributed by atoms with Gasteiger partial charge in [-0.25, -0.2) is 0 Å². The van der Waals surface area contributed by atoms with Gasteiger partial charge in [-0.3, -0.25) is 24.1 Å². The Morgan fingerprint density at radius 1 is 1.02 bits per heavy atom. The zero-order valence-electron chi connectivity index (χ0n) is 23.2. The number of unbranched alkanes of at least 4 members (excludes halogenated alkanes) is 2. The molecule has 3 aromatic rings. The van der Waals surface area contributed by atoms with Crippen LogP contribution >= 0.6 is 34.7 Å². The fraction of sp³-hybridized carbons (Fsp3) is 0.438. The van der Waals surface area contributed by atoms with Crippen molar-refractivity contribution in [3.63, 3.8) is 0 Å². The van der Waals surface area contributed by atoms with Gasteiger partial charge in [-0.2, -0.15) is 0 Å². The van der Waals surface area contributed by atoms with E-state index in [1.807, 2.05) is 48.5 Å². The molecule has 0 spiro atoms. The first-order chi connectivity index (χ1) is 20.8. The smallest absolute Gasteiger partial charge is 0.305 e. The summed E-state index contributed by atoms with van der Waals surface area (Å²) in [7, 11) is 0. The lowest BCUT2D eigenvalue weighted by molar-refractivity contribution is -0.141. The van der Waals surface area contributed by atoms with Crippen molar-refractivity contribution < 1.29 is 24.2 Å². The minimum atomic E-state index is -0.836. The number of fused-ring (bicyclic) bond motifs is 9. The normalized spacial score (nSPS) is 28.6. The van der Waals surface area contributed by atoms with Crippen LogP contribution in [0, 0.1) is 29.6 Å². The van der Waals surface area contributed by atoms with Crippen LogP contribution in [0.2, 0.25) is 5.02 Å². The number of aliphatic carboxylic acids is 1. The molecule has 3 fully saturated rings. The predicted octanol–water partition coefficient (Wildman–Crippen LogP) is 5.79. The molecule has 2 bridgehead atoms. The molecule has 6 unspecified atom stereocenters. The van der Waals surface area contributed by atoms with Crippen LogP contribution in [0.5, 0.6) is 5.75 Å². The Morgan fingerprint density at radius 2 is 1.79 bits per heavy atom. The van der Waals surface area contributed by atoms with E-state index < -0.39 is 5.97 Å². The SMILES string of the molecule is O=C(O)CCCCCN1C(=O)C2C3CC(C2C1=O)C1C3Sc2[nH]c(=O)sc2[C@@H]1c1cc(Cl)ccc1OCc1ccccc1. The van der Waals surface area contributed by atoms with E-state index in [4.69, 9.17) is 21.4 Å². The van der Waals surface area contributed by atoms with Crippen molar-refractivity contribution in [1.82, 2.24) is 9.88 Å². The van der Waals surface area contributed by atoms with Gasteiger partial charge in [-0.1, -0.05) is 59.7 Å². The number of nitrogens with zero attached hydrogens (tertiary/aromatic N) is 1. The number of carbonyl (C=O) groups is 3. The Hall–Kier alpha value is -3.08. The standard InChI is InChI=1S/C32H31ClN2O6S2/c33-17-10-11-21(41-15-16-7-3-1-4-8-16)18(13-17)23-24-19-14-20(27(24)42-29-28(23)43-32(40)34-29)26-25(19)30(38)35(31(26)39)12-6-2-5-9-22(36)37/h1,3-4,7-8,10-11,13,19-20,23-27H,2,5-6,9,12,14-15H2,(H,34,40)(H,36,37)/t19?,20?,23-,24?,25?,26?,27?/m1/s1. The van der Waals surface area contributed by atoms with Crippen LogP contribution in [0.25, 0.3) is 0 Å². The number of imide groups is 1. The third kappa shape index (κ3) is 5.01. The Balaban J connectivity index is 1.20. The number of thioether (sulfide) groups is 1. The maximum atomic E-state index is 13.8. The minimum absolute atomic E-state index is 0.00253. The first-order valence-electron chi connectivity index (χ1n) is 14.7. The topological polar surface area (TPSA) is 117 Å². The van der Waals surface area contributed by atoms with Crippen LogP contribution in [-0.4, -0.2) is 44.6 Å². The van der Waals surface area contributed by atoms with Crippen LogP contribution in [0.15, 0.2) is 58.4 Å². The lowest BCUT2D eigenvalue weighted by Gasteiger charge is -2.43. The zero-order chi connectivity index (χ0) is 29.8. The molecule has 7 atom stereocenters. The number of carboxylic acid groups (broad SMARTS) is 1. The molecule has 2 aliphatic heterocycles. The van der Waals surface area contributed by atoms with Gasteiger partial charge in [0.15, 0.2) is 0 Å². The lowest BCUT2D eigenvalue weighted by atomic mass is 9.68. The van der Waals surface area contributed by atoms with Gasteiger partial charge in [0.2, 0.25) is 11.8 Å². The molecule has 1 saturated heterocycles. The van der Waals surface area contributed by atoms with Crippen LogP contribution in [-0.2, 0) is 21.0 Å². The number of rotatable bonds is 10. The molecule has 0 radical (unpaired) electrons. The summed E-state index contributed by atoms with van der Waals surface area (Å²) in [6.45, 7) is 0.717. The van der Waals surface area contributed by atoms with Crippen molar-refractivity contribution in [1.29, 1.82) is 0 Å². The molecule has 3 heterocycles. The van der Waals surface area contributed by atoms with E-state index in [2.05, 4.69) is 4.98 Å². The number of hydrogen-bond donors (Lipinski definition) is 2. The van der Waals surface area contributed by atoms with Gasteiger partial charge >= 0.3 is 10.8 Å². The zero-order valence-corrected chi connectivity index (χ0v) is 25.6. The van der Waals surface area contributed by atoms with Crippen LogP contribution in [0.4, 0.5) is 0 Å². The van der Waals surface area contributed by atoms with E-state index in [1.165, 1.54) is 16.2 Å². The Kier molecular flexibility index (Phi) is 7.63. The minimum Gasteiger partial charge on any atom is -0.489 e. The van der Waals surface area contributed by atoms with Gasteiger partial charge in [-0.05, 0) is 60.8 Å². The third-order valence-electron chi connectivity index (χ3n) is 9.63.